The van der Waals surface area contributed by atoms with Crippen molar-refractivity contribution in [1.29, 1.82) is 0 Å². The van der Waals surface area contributed by atoms with Crippen LogP contribution in [0.5, 0.6) is 0 Å². The second-order valence-electron chi connectivity index (χ2n) is 5.35. The number of rotatable bonds is 6. The first-order chi connectivity index (χ1) is 10.9. The lowest BCUT2D eigenvalue weighted by molar-refractivity contribution is -0.115. The summed E-state index contributed by atoms with van der Waals surface area (Å²) in [5.74, 6) is -0.395. The van der Waals surface area contributed by atoms with E-state index in [9.17, 15) is 13.2 Å². The Bertz CT molecular complexity index is 801. The molecule has 0 saturated carbocycles. The van der Waals surface area contributed by atoms with E-state index in [1.165, 1.54) is 0 Å². The molecule has 0 aliphatic rings. The first-order valence-corrected chi connectivity index (χ1v) is 9.05. The molecule has 0 aliphatic carbocycles. The van der Waals surface area contributed by atoms with E-state index in [-0.39, 0.29) is 18.1 Å². The summed E-state index contributed by atoms with van der Waals surface area (Å²) in [6, 6.07) is 14.5. The van der Waals surface area contributed by atoms with Crippen LogP contribution in [0, 0.1) is 0 Å². The van der Waals surface area contributed by atoms with E-state index in [1.54, 1.807) is 24.3 Å². The summed E-state index contributed by atoms with van der Waals surface area (Å²) in [7, 11) is -3.59. The Morgan fingerprint density at radius 3 is 2.43 bits per heavy atom. The van der Waals surface area contributed by atoms with Crippen molar-refractivity contribution >= 4 is 21.6 Å². The van der Waals surface area contributed by atoms with Gasteiger partial charge in [0.2, 0.25) is 15.9 Å². The number of benzene rings is 2. The third-order valence-electron chi connectivity index (χ3n) is 3.43. The van der Waals surface area contributed by atoms with Gasteiger partial charge in [0.25, 0.3) is 0 Å². The smallest absolute Gasteiger partial charge is 0.228 e. The topological polar surface area (TPSA) is 89.3 Å². The van der Waals surface area contributed by atoms with Crippen molar-refractivity contribution in [2.75, 3.05) is 5.32 Å². The number of sulfonamides is 1. The van der Waals surface area contributed by atoms with Crippen molar-refractivity contribution in [2.45, 2.75) is 25.5 Å². The lowest BCUT2D eigenvalue weighted by Crippen LogP contribution is -2.16. The first-order valence-electron chi connectivity index (χ1n) is 7.33. The molecule has 0 spiro atoms. The Morgan fingerprint density at radius 2 is 1.78 bits per heavy atom. The van der Waals surface area contributed by atoms with Gasteiger partial charge in [-0.25, -0.2) is 13.6 Å². The van der Waals surface area contributed by atoms with E-state index in [0.717, 1.165) is 17.5 Å². The molecule has 0 saturated heterocycles. The molecule has 0 aromatic heterocycles. The highest BCUT2D eigenvalue weighted by molar-refractivity contribution is 7.88. The summed E-state index contributed by atoms with van der Waals surface area (Å²) in [6.45, 7) is 2.05. The highest BCUT2D eigenvalue weighted by Crippen LogP contribution is 2.15. The van der Waals surface area contributed by atoms with Gasteiger partial charge in [-0.05, 0) is 35.2 Å². The molecule has 0 bridgehead atoms. The molecular weight excluding hydrogens is 312 g/mol. The zero-order valence-corrected chi connectivity index (χ0v) is 13.8. The van der Waals surface area contributed by atoms with Gasteiger partial charge in [0.05, 0.1) is 12.2 Å². The normalized spacial score (nSPS) is 11.2. The maximum Gasteiger partial charge on any atom is 0.228 e. The van der Waals surface area contributed by atoms with Gasteiger partial charge in [-0.15, -0.1) is 0 Å². The van der Waals surface area contributed by atoms with E-state index in [4.69, 9.17) is 5.14 Å². The highest BCUT2D eigenvalue weighted by atomic mass is 32.2. The predicted octanol–water partition coefficient (Wildman–Crippen LogP) is 2.22. The Hall–Kier alpha value is -2.18. The van der Waals surface area contributed by atoms with Gasteiger partial charge >= 0.3 is 0 Å². The maximum absolute atomic E-state index is 12.2. The first kappa shape index (κ1) is 17.2. The van der Waals surface area contributed by atoms with Crippen molar-refractivity contribution in [1.82, 2.24) is 0 Å². The number of carbonyl (C=O) groups excluding carboxylic acids is 1. The quantitative estimate of drug-likeness (QED) is 0.850. The van der Waals surface area contributed by atoms with E-state index in [2.05, 4.69) is 5.32 Å². The fourth-order valence-electron chi connectivity index (χ4n) is 2.42. The van der Waals surface area contributed by atoms with Gasteiger partial charge in [0.15, 0.2) is 0 Å². The van der Waals surface area contributed by atoms with Crippen molar-refractivity contribution in [2.24, 2.45) is 5.14 Å². The molecule has 0 atom stereocenters. The van der Waals surface area contributed by atoms with Crippen LogP contribution in [0.4, 0.5) is 5.69 Å². The Labute approximate surface area is 136 Å². The Morgan fingerprint density at radius 1 is 1.09 bits per heavy atom. The number of nitrogens with two attached hydrogens (primary N) is 1. The minimum absolute atomic E-state index is 0.140. The summed E-state index contributed by atoms with van der Waals surface area (Å²) in [5.41, 5.74) is 3.24. The highest BCUT2D eigenvalue weighted by Gasteiger charge is 2.09. The zero-order chi connectivity index (χ0) is 16.9. The van der Waals surface area contributed by atoms with Gasteiger partial charge in [-0.2, -0.15) is 0 Å². The third-order valence-corrected chi connectivity index (χ3v) is 4.16. The van der Waals surface area contributed by atoms with Crippen molar-refractivity contribution in [3.8, 4) is 0 Å². The Kier molecular flexibility index (Phi) is 5.52. The van der Waals surface area contributed by atoms with Crippen molar-refractivity contribution in [3.05, 3.63) is 65.2 Å². The number of hydrogen-bond donors (Lipinski definition) is 2. The number of aryl methyl sites for hydroxylation is 1. The SMILES string of the molecule is CCc1ccccc1CC(=O)Nc1cccc(CS(N)(=O)=O)c1. The summed E-state index contributed by atoms with van der Waals surface area (Å²) >= 11 is 0. The molecule has 2 aromatic carbocycles. The van der Waals surface area contributed by atoms with Gasteiger partial charge in [0, 0.05) is 5.69 Å². The molecule has 2 rings (SSSR count). The molecule has 0 unspecified atom stereocenters. The fourth-order valence-corrected chi connectivity index (χ4v) is 3.07. The number of primary sulfonamides is 1. The van der Waals surface area contributed by atoms with Crippen molar-refractivity contribution < 1.29 is 13.2 Å². The van der Waals surface area contributed by atoms with Crippen LogP contribution in [0.25, 0.3) is 0 Å². The average molecular weight is 332 g/mol. The van der Waals surface area contributed by atoms with Crippen LogP contribution in [0.15, 0.2) is 48.5 Å². The van der Waals surface area contributed by atoms with Gasteiger partial charge in [0.1, 0.15) is 0 Å². The lowest BCUT2D eigenvalue weighted by Gasteiger charge is -2.09. The molecule has 122 valence electrons. The van der Waals surface area contributed by atoms with Gasteiger partial charge in [-0.3, -0.25) is 4.79 Å². The van der Waals surface area contributed by atoms with Crippen LogP contribution in [0.3, 0.4) is 0 Å². The monoisotopic (exact) mass is 332 g/mol. The number of carbonyl (C=O) groups is 1. The molecule has 5 nitrogen and oxygen atoms in total. The van der Waals surface area contributed by atoms with E-state index in [0.29, 0.717) is 11.3 Å². The third kappa shape index (κ3) is 5.50. The van der Waals surface area contributed by atoms with Gasteiger partial charge in [-0.1, -0.05) is 43.3 Å². The summed E-state index contributed by atoms with van der Waals surface area (Å²) in [5, 5.41) is 7.83. The van der Waals surface area contributed by atoms with E-state index >= 15 is 0 Å². The number of nitrogens with one attached hydrogen (secondary N) is 1. The van der Waals surface area contributed by atoms with Crippen molar-refractivity contribution in [3.63, 3.8) is 0 Å². The number of amides is 1. The molecule has 0 fully saturated rings. The van der Waals surface area contributed by atoms with Crippen LogP contribution in [-0.2, 0) is 33.4 Å². The number of hydrogen-bond acceptors (Lipinski definition) is 3. The van der Waals surface area contributed by atoms with Crippen LogP contribution in [0.2, 0.25) is 0 Å². The second kappa shape index (κ2) is 7.39. The molecule has 0 aliphatic heterocycles. The minimum atomic E-state index is -3.59. The number of anilines is 1. The van der Waals surface area contributed by atoms with Gasteiger partial charge < -0.3 is 5.32 Å². The van der Waals surface area contributed by atoms with Crippen LogP contribution < -0.4 is 10.5 Å². The molecule has 23 heavy (non-hydrogen) atoms. The minimum Gasteiger partial charge on any atom is -0.326 e. The summed E-state index contributed by atoms with van der Waals surface area (Å²) < 4.78 is 22.3. The van der Waals surface area contributed by atoms with E-state index in [1.807, 2.05) is 31.2 Å². The molecule has 0 heterocycles. The summed E-state index contributed by atoms with van der Waals surface area (Å²) in [6.07, 6.45) is 1.15. The second-order valence-corrected chi connectivity index (χ2v) is 6.97. The van der Waals surface area contributed by atoms with E-state index < -0.39 is 10.0 Å². The molecule has 0 radical (unpaired) electrons. The molecule has 3 N–H and O–H groups in total. The lowest BCUT2D eigenvalue weighted by atomic mass is 10.0. The molecule has 1 amide bonds. The predicted molar refractivity (Wildman–Crippen MR) is 91.4 cm³/mol. The summed E-state index contributed by atoms with van der Waals surface area (Å²) in [4.78, 5) is 12.2. The average Bonchev–Trinajstić information content (AvgIpc) is 2.46. The molecule has 2 aromatic rings. The zero-order valence-electron chi connectivity index (χ0n) is 13.0. The maximum atomic E-state index is 12.2. The fraction of sp³-hybridized carbons (Fsp3) is 0.235. The molecule has 6 heteroatoms. The van der Waals surface area contributed by atoms with Crippen LogP contribution >= 0.6 is 0 Å². The van der Waals surface area contributed by atoms with Crippen LogP contribution in [-0.4, -0.2) is 14.3 Å². The standard InChI is InChI=1S/C17H20N2O3S/c1-2-14-7-3-4-8-15(14)11-17(20)19-16-9-5-6-13(10-16)12-23(18,21)22/h3-10H,2,11-12H2,1H3,(H,19,20)(H2,18,21,22). The Balaban J connectivity index is 2.07. The molecular formula is C17H20N2O3S. The van der Waals surface area contributed by atoms with Crippen LogP contribution in [0.1, 0.15) is 23.6 Å². The largest absolute Gasteiger partial charge is 0.326 e.